The molecule has 0 spiro atoms. The van der Waals surface area contributed by atoms with E-state index in [0.29, 0.717) is 19.0 Å². The maximum Gasteiger partial charge on any atom is 0.418 e. The molecule has 0 saturated carbocycles. The number of halogens is 3. The van der Waals surface area contributed by atoms with Gasteiger partial charge < -0.3 is 10.6 Å². The van der Waals surface area contributed by atoms with Crippen LogP contribution in [0.5, 0.6) is 0 Å². The summed E-state index contributed by atoms with van der Waals surface area (Å²) in [4.78, 5) is 1.79. The summed E-state index contributed by atoms with van der Waals surface area (Å²) in [5, 5.41) is 0. The predicted molar refractivity (Wildman–Crippen MR) is 77.8 cm³/mol. The summed E-state index contributed by atoms with van der Waals surface area (Å²) >= 11 is 0. The van der Waals surface area contributed by atoms with Gasteiger partial charge in [-0.2, -0.15) is 13.2 Å². The number of nitrogens with zero attached hydrogens (tertiary/aromatic N) is 1. The van der Waals surface area contributed by atoms with Gasteiger partial charge in [-0.3, -0.25) is 0 Å². The Bertz CT molecular complexity index is 426. The molecule has 0 atom stereocenters. The second-order valence-corrected chi connectivity index (χ2v) is 5.00. The highest BCUT2D eigenvalue weighted by Crippen LogP contribution is 2.38. The van der Waals surface area contributed by atoms with Gasteiger partial charge in [-0.25, -0.2) is 0 Å². The van der Waals surface area contributed by atoms with Crippen molar-refractivity contribution in [2.45, 2.75) is 39.8 Å². The highest BCUT2D eigenvalue weighted by Gasteiger charge is 2.35. The molecular weight excluding hydrogens is 265 g/mol. The monoisotopic (exact) mass is 288 g/mol. The van der Waals surface area contributed by atoms with Crippen LogP contribution < -0.4 is 10.6 Å². The van der Waals surface area contributed by atoms with Gasteiger partial charge in [-0.15, -0.1) is 0 Å². The third kappa shape index (κ3) is 4.05. The number of nitrogen functional groups attached to an aromatic ring is 1. The van der Waals surface area contributed by atoms with Gasteiger partial charge in [0.15, 0.2) is 0 Å². The molecule has 0 aliphatic heterocycles. The Balaban J connectivity index is 3.15. The lowest BCUT2D eigenvalue weighted by molar-refractivity contribution is -0.137. The predicted octanol–water partition coefficient (Wildman–Crippen LogP) is 4.55. The van der Waals surface area contributed by atoms with Gasteiger partial charge in [-0.05, 0) is 31.0 Å². The van der Waals surface area contributed by atoms with Crippen LogP contribution in [0.15, 0.2) is 18.2 Å². The number of rotatable bonds is 6. The Morgan fingerprint density at radius 2 is 1.75 bits per heavy atom. The van der Waals surface area contributed by atoms with Crippen molar-refractivity contribution in [1.82, 2.24) is 0 Å². The lowest BCUT2D eigenvalue weighted by Crippen LogP contribution is -2.31. The smallest absolute Gasteiger partial charge is 0.399 e. The molecule has 1 aromatic carbocycles. The van der Waals surface area contributed by atoms with Crippen molar-refractivity contribution in [3.05, 3.63) is 23.8 Å². The second kappa shape index (κ2) is 6.86. The maximum absolute atomic E-state index is 13.1. The molecular formula is C15H23F3N2. The van der Waals surface area contributed by atoms with Crippen molar-refractivity contribution in [3.63, 3.8) is 0 Å². The van der Waals surface area contributed by atoms with E-state index in [-0.39, 0.29) is 11.4 Å². The van der Waals surface area contributed by atoms with Crippen LogP contribution in [-0.4, -0.2) is 13.1 Å². The van der Waals surface area contributed by atoms with Crippen LogP contribution in [0.3, 0.4) is 0 Å². The van der Waals surface area contributed by atoms with Crippen LogP contribution in [0.2, 0.25) is 0 Å². The first kappa shape index (κ1) is 16.7. The van der Waals surface area contributed by atoms with Gasteiger partial charge in [0.05, 0.1) is 5.56 Å². The van der Waals surface area contributed by atoms with Gasteiger partial charge >= 0.3 is 6.18 Å². The summed E-state index contributed by atoms with van der Waals surface area (Å²) in [7, 11) is 0. The molecule has 0 bridgehead atoms. The third-order valence-electron chi connectivity index (χ3n) is 3.68. The molecule has 0 fully saturated rings. The van der Waals surface area contributed by atoms with E-state index < -0.39 is 11.7 Å². The Morgan fingerprint density at radius 3 is 2.20 bits per heavy atom. The van der Waals surface area contributed by atoms with Crippen molar-refractivity contribution in [2.24, 2.45) is 5.92 Å². The van der Waals surface area contributed by atoms with Crippen LogP contribution in [0.25, 0.3) is 0 Å². The Kier molecular flexibility index (Phi) is 5.72. The molecule has 2 nitrogen and oxygen atoms in total. The minimum absolute atomic E-state index is 0.139. The fraction of sp³-hybridized carbons (Fsp3) is 0.600. The second-order valence-electron chi connectivity index (χ2n) is 5.00. The first-order valence-electron chi connectivity index (χ1n) is 7.05. The van der Waals surface area contributed by atoms with E-state index in [1.807, 2.05) is 6.92 Å². The summed E-state index contributed by atoms with van der Waals surface area (Å²) in [6.07, 6.45) is -2.46. The average molecular weight is 288 g/mol. The number of hydrogen-bond acceptors (Lipinski definition) is 2. The van der Waals surface area contributed by atoms with Crippen molar-refractivity contribution < 1.29 is 13.2 Å². The standard InChI is InChI=1S/C15H23F3N2/c1-4-11(5-2)10-20(6-3)14-8-7-12(19)9-13(14)15(16,17)18/h7-9,11H,4-6,10,19H2,1-3H3. The topological polar surface area (TPSA) is 29.3 Å². The number of benzene rings is 1. The molecule has 0 aromatic heterocycles. The molecule has 0 heterocycles. The number of alkyl halides is 3. The number of hydrogen-bond donors (Lipinski definition) is 1. The lowest BCUT2D eigenvalue weighted by atomic mass is 10.0. The summed E-state index contributed by atoms with van der Waals surface area (Å²) in [6.45, 7) is 7.18. The van der Waals surface area contributed by atoms with E-state index in [2.05, 4.69) is 13.8 Å². The van der Waals surface area contributed by atoms with Crippen molar-refractivity contribution in [3.8, 4) is 0 Å². The zero-order valence-electron chi connectivity index (χ0n) is 12.3. The molecule has 0 aliphatic rings. The molecule has 0 unspecified atom stereocenters. The van der Waals surface area contributed by atoms with Crippen LogP contribution in [0.4, 0.5) is 24.5 Å². The van der Waals surface area contributed by atoms with E-state index in [4.69, 9.17) is 5.73 Å². The van der Waals surface area contributed by atoms with Crippen LogP contribution >= 0.6 is 0 Å². The highest BCUT2D eigenvalue weighted by atomic mass is 19.4. The number of nitrogens with two attached hydrogens (primary N) is 1. The molecule has 1 aromatic rings. The molecule has 0 aliphatic carbocycles. The van der Waals surface area contributed by atoms with Crippen molar-refractivity contribution in [2.75, 3.05) is 23.7 Å². The third-order valence-corrected chi connectivity index (χ3v) is 3.68. The summed E-state index contributed by atoms with van der Waals surface area (Å²) in [5.74, 6) is 0.397. The maximum atomic E-state index is 13.1. The zero-order valence-corrected chi connectivity index (χ0v) is 12.3. The van der Waals surface area contributed by atoms with Gasteiger partial charge in [0.25, 0.3) is 0 Å². The van der Waals surface area contributed by atoms with E-state index >= 15 is 0 Å². The van der Waals surface area contributed by atoms with Crippen molar-refractivity contribution in [1.29, 1.82) is 0 Å². The summed E-state index contributed by atoms with van der Waals surface area (Å²) in [5.41, 5.74) is 5.21. The van der Waals surface area contributed by atoms with Gasteiger partial charge in [0.1, 0.15) is 0 Å². The van der Waals surface area contributed by atoms with E-state index in [9.17, 15) is 13.2 Å². The Hall–Kier alpha value is -1.39. The first-order valence-corrected chi connectivity index (χ1v) is 7.05. The molecule has 0 amide bonds. The average Bonchev–Trinajstić information content (AvgIpc) is 2.40. The molecule has 1 rings (SSSR count). The lowest BCUT2D eigenvalue weighted by Gasteiger charge is -2.30. The minimum Gasteiger partial charge on any atom is -0.399 e. The molecule has 5 heteroatoms. The first-order chi connectivity index (χ1) is 9.33. The van der Waals surface area contributed by atoms with E-state index in [1.165, 1.54) is 12.1 Å². The van der Waals surface area contributed by atoms with E-state index in [0.717, 1.165) is 18.9 Å². The highest BCUT2D eigenvalue weighted by molar-refractivity contribution is 5.60. The van der Waals surface area contributed by atoms with Crippen LogP contribution in [0, 0.1) is 5.92 Å². The molecule has 2 N–H and O–H groups in total. The SMILES string of the molecule is CCC(CC)CN(CC)c1ccc(N)cc1C(F)(F)F. The van der Waals surface area contributed by atoms with Gasteiger partial charge in [0.2, 0.25) is 0 Å². The fourth-order valence-electron chi connectivity index (χ4n) is 2.31. The quantitative estimate of drug-likeness (QED) is 0.778. The van der Waals surface area contributed by atoms with Crippen molar-refractivity contribution >= 4 is 11.4 Å². The van der Waals surface area contributed by atoms with E-state index in [1.54, 1.807) is 4.90 Å². The normalized spacial score (nSPS) is 11.9. The van der Waals surface area contributed by atoms with Crippen LogP contribution in [-0.2, 0) is 6.18 Å². The molecule has 0 saturated heterocycles. The summed E-state index contributed by atoms with van der Waals surface area (Å²) < 4.78 is 39.4. The zero-order chi connectivity index (χ0) is 15.3. The van der Waals surface area contributed by atoms with Gasteiger partial charge in [-0.1, -0.05) is 26.7 Å². The van der Waals surface area contributed by atoms with Crippen LogP contribution in [0.1, 0.15) is 39.2 Å². The minimum atomic E-state index is -4.38. The molecule has 0 radical (unpaired) electrons. The molecule has 114 valence electrons. The van der Waals surface area contributed by atoms with Gasteiger partial charge in [0, 0.05) is 24.5 Å². The number of anilines is 2. The fourth-order valence-corrected chi connectivity index (χ4v) is 2.31. The Morgan fingerprint density at radius 1 is 1.15 bits per heavy atom. The summed E-state index contributed by atoms with van der Waals surface area (Å²) in [6, 6.07) is 4.02. The molecule has 20 heavy (non-hydrogen) atoms. The Labute approximate surface area is 118 Å². The largest absolute Gasteiger partial charge is 0.418 e.